The zero-order valence-corrected chi connectivity index (χ0v) is 15.1. The predicted octanol–water partition coefficient (Wildman–Crippen LogP) is 2.18. The number of carbonyl (C=O) groups is 2. The monoisotopic (exact) mass is 355 g/mol. The molecule has 0 bridgehead atoms. The number of nitrogens with zero attached hydrogens (tertiary/aromatic N) is 2. The number of carbonyl (C=O) groups excluding carboxylic acids is 2. The van der Waals surface area contributed by atoms with Crippen molar-refractivity contribution in [3.63, 3.8) is 0 Å². The fourth-order valence-corrected chi connectivity index (χ4v) is 2.75. The zero-order valence-electron chi connectivity index (χ0n) is 15.1. The van der Waals surface area contributed by atoms with Crippen LogP contribution in [0.5, 0.6) is 0 Å². The number of hydrogen-bond acceptors (Lipinski definition) is 5. The van der Waals surface area contributed by atoms with Crippen LogP contribution in [0.4, 0.5) is 0 Å². The number of amides is 1. The molecule has 1 amide bonds. The molecule has 0 aliphatic rings. The molecule has 2 atom stereocenters. The van der Waals surface area contributed by atoms with E-state index < -0.39 is 18.1 Å². The van der Waals surface area contributed by atoms with Crippen LogP contribution < -0.4 is 5.32 Å². The maximum absolute atomic E-state index is 12.7. The summed E-state index contributed by atoms with van der Waals surface area (Å²) in [5.41, 5.74) is 1.09. The van der Waals surface area contributed by atoms with Gasteiger partial charge in [0.1, 0.15) is 5.69 Å². The minimum absolute atomic E-state index is 0.0103. The van der Waals surface area contributed by atoms with Crippen molar-refractivity contribution in [2.75, 3.05) is 0 Å². The lowest BCUT2D eigenvalue weighted by atomic mass is 9.95. The molecule has 0 saturated carbocycles. The second-order valence-corrected chi connectivity index (χ2v) is 6.76. The third kappa shape index (κ3) is 6.37. The first-order chi connectivity index (χ1) is 12.5. The molecule has 26 heavy (non-hydrogen) atoms. The Bertz CT molecular complexity index is 705. The Hall–Kier alpha value is -2.60. The first-order valence-corrected chi connectivity index (χ1v) is 8.77. The molecule has 0 aliphatic carbocycles. The van der Waals surface area contributed by atoms with Gasteiger partial charge in [-0.05, 0) is 24.3 Å². The van der Waals surface area contributed by atoms with Gasteiger partial charge in [-0.1, -0.05) is 44.2 Å². The highest BCUT2D eigenvalue weighted by molar-refractivity contribution is 5.96. The summed E-state index contributed by atoms with van der Waals surface area (Å²) in [6.07, 6.45) is 4.46. The van der Waals surface area contributed by atoms with E-state index in [-0.39, 0.29) is 17.9 Å². The van der Waals surface area contributed by atoms with E-state index in [1.54, 1.807) is 0 Å². The van der Waals surface area contributed by atoms with E-state index in [4.69, 9.17) is 0 Å². The standard InChI is InChI=1S/C20H25N3O3/c1-14(2)10-16(24)12-19(25)17(11-15-6-4-3-5-7-15)23-20(26)18-13-21-8-9-22-18/h3-9,13-14,16-17,24H,10-12H2,1-2H3,(H,23,26)/t16-,17+/m1/s1. The fourth-order valence-electron chi connectivity index (χ4n) is 2.75. The molecule has 0 radical (unpaired) electrons. The average Bonchev–Trinajstić information content (AvgIpc) is 2.62. The van der Waals surface area contributed by atoms with Gasteiger partial charge in [0.25, 0.3) is 5.91 Å². The van der Waals surface area contributed by atoms with Gasteiger partial charge < -0.3 is 10.4 Å². The van der Waals surface area contributed by atoms with Crippen LogP contribution >= 0.6 is 0 Å². The van der Waals surface area contributed by atoms with Crippen molar-refractivity contribution in [2.45, 2.75) is 45.3 Å². The summed E-state index contributed by atoms with van der Waals surface area (Å²) >= 11 is 0. The summed E-state index contributed by atoms with van der Waals surface area (Å²) in [4.78, 5) is 32.9. The summed E-state index contributed by atoms with van der Waals surface area (Å²) in [5.74, 6) is -0.357. The Labute approximate surface area is 153 Å². The number of rotatable bonds is 9. The van der Waals surface area contributed by atoms with Crippen LogP contribution in [-0.2, 0) is 11.2 Å². The van der Waals surface area contributed by atoms with E-state index in [1.807, 2.05) is 44.2 Å². The molecule has 1 heterocycles. The van der Waals surface area contributed by atoms with Crippen LogP contribution in [0.2, 0.25) is 0 Å². The highest BCUT2D eigenvalue weighted by atomic mass is 16.3. The van der Waals surface area contributed by atoms with Gasteiger partial charge in [-0.15, -0.1) is 0 Å². The molecule has 2 N–H and O–H groups in total. The Balaban J connectivity index is 2.10. The lowest BCUT2D eigenvalue weighted by Crippen LogP contribution is -2.43. The largest absolute Gasteiger partial charge is 0.393 e. The van der Waals surface area contributed by atoms with E-state index >= 15 is 0 Å². The molecule has 0 saturated heterocycles. The van der Waals surface area contributed by atoms with Crippen molar-refractivity contribution < 1.29 is 14.7 Å². The molecule has 6 nitrogen and oxygen atoms in total. The van der Waals surface area contributed by atoms with Crippen molar-refractivity contribution >= 4 is 11.7 Å². The quantitative estimate of drug-likeness (QED) is 0.719. The SMILES string of the molecule is CC(C)C[C@@H](O)CC(=O)[C@H](Cc1ccccc1)NC(=O)c1cnccn1. The Morgan fingerprint density at radius 3 is 2.50 bits per heavy atom. The van der Waals surface area contributed by atoms with Gasteiger partial charge in [-0.3, -0.25) is 14.6 Å². The summed E-state index contributed by atoms with van der Waals surface area (Å²) in [6.45, 7) is 3.98. The Morgan fingerprint density at radius 1 is 1.15 bits per heavy atom. The van der Waals surface area contributed by atoms with Gasteiger partial charge in [0, 0.05) is 18.8 Å². The van der Waals surface area contributed by atoms with Crippen LogP contribution in [0.25, 0.3) is 0 Å². The third-order valence-corrected chi connectivity index (χ3v) is 3.95. The highest BCUT2D eigenvalue weighted by Gasteiger charge is 2.24. The topological polar surface area (TPSA) is 92.2 Å². The van der Waals surface area contributed by atoms with Gasteiger partial charge in [-0.25, -0.2) is 4.98 Å². The third-order valence-electron chi connectivity index (χ3n) is 3.95. The molecule has 0 aliphatic heterocycles. The number of Topliss-reactive ketones (excluding diaryl/α,β-unsaturated/α-hetero) is 1. The van der Waals surface area contributed by atoms with E-state index in [0.29, 0.717) is 18.8 Å². The molecule has 138 valence electrons. The first-order valence-electron chi connectivity index (χ1n) is 8.77. The number of benzene rings is 1. The van der Waals surface area contributed by atoms with Gasteiger partial charge in [0.2, 0.25) is 0 Å². The van der Waals surface area contributed by atoms with Crippen LogP contribution in [-0.4, -0.2) is 38.9 Å². The highest BCUT2D eigenvalue weighted by Crippen LogP contribution is 2.12. The number of aliphatic hydroxyl groups is 1. The second kappa shape index (κ2) is 9.77. The number of hydrogen-bond donors (Lipinski definition) is 2. The van der Waals surface area contributed by atoms with Gasteiger partial charge >= 0.3 is 0 Å². The molecule has 2 rings (SSSR count). The maximum Gasteiger partial charge on any atom is 0.272 e. The van der Waals surface area contributed by atoms with Crippen LogP contribution in [0.3, 0.4) is 0 Å². The fraction of sp³-hybridized carbons (Fsp3) is 0.400. The molecule has 2 aromatic rings. The summed E-state index contributed by atoms with van der Waals surface area (Å²) in [6, 6.07) is 8.74. The predicted molar refractivity (Wildman–Crippen MR) is 98.5 cm³/mol. The second-order valence-electron chi connectivity index (χ2n) is 6.76. The van der Waals surface area contributed by atoms with Crippen LogP contribution in [0.1, 0.15) is 42.7 Å². The minimum atomic E-state index is -0.728. The van der Waals surface area contributed by atoms with Crippen molar-refractivity contribution in [1.29, 1.82) is 0 Å². The lowest BCUT2D eigenvalue weighted by Gasteiger charge is -2.20. The van der Waals surface area contributed by atoms with E-state index in [0.717, 1.165) is 5.56 Å². The minimum Gasteiger partial charge on any atom is -0.393 e. The van der Waals surface area contributed by atoms with E-state index in [9.17, 15) is 14.7 Å². The van der Waals surface area contributed by atoms with Gasteiger partial charge in [0.05, 0.1) is 18.3 Å². The summed E-state index contributed by atoms with van der Waals surface area (Å²) < 4.78 is 0. The smallest absolute Gasteiger partial charge is 0.272 e. The van der Waals surface area contributed by atoms with Crippen molar-refractivity contribution in [3.05, 3.63) is 60.2 Å². The van der Waals surface area contributed by atoms with Gasteiger partial charge in [-0.2, -0.15) is 0 Å². The molecule has 0 spiro atoms. The van der Waals surface area contributed by atoms with Crippen molar-refractivity contribution in [2.24, 2.45) is 5.92 Å². The summed E-state index contributed by atoms with van der Waals surface area (Å²) in [7, 11) is 0. The lowest BCUT2D eigenvalue weighted by molar-refractivity contribution is -0.123. The molecule has 0 unspecified atom stereocenters. The van der Waals surface area contributed by atoms with Crippen LogP contribution in [0, 0.1) is 5.92 Å². The number of aromatic nitrogens is 2. The molecule has 1 aromatic heterocycles. The molecular formula is C20H25N3O3. The maximum atomic E-state index is 12.7. The van der Waals surface area contributed by atoms with Gasteiger partial charge in [0.15, 0.2) is 5.78 Å². The molecular weight excluding hydrogens is 330 g/mol. The number of nitrogens with one attached hydrogen (secondary N) is 1. The van der Waals surface area contributed by atoms with E-state index in [2.05, 4.69) is 15.3 Å². The Morgan fingerprint density at radius 2 is 1.88 bits per heavy atom. The molecule has 0 fully saturated rings. The van der Waals surface area contributed by atoms with Crippen molar-refractivity contribution in [1.82, 2.24) is 15.3 Å². The molecule has 1 aromatic carbocycles. The number of aliphatic hydroxyl groups excluding tert-OH is 1. The number of ketones is 1. The normalized spacial score (nSPS) is 13.2. The zero-order chi connectivity index (χ0) is 18.9. The van der Waals surface area contributed by atoms with E-state index in [1.165, 1.54) is 18.6 Å². The van der Waals surface area contributed by atoms with Crippen molar-refractivity contribution in [3.8, 4) is 0 Å². The Kier molecular flexibility index (Phi) is 7.41. The summed E-state index contributed by atoms with van der Waals surface area (Å²) in [5, 5.41) is 12.8. The first kappa shape index (κ1) is 19.7. The molecule has 6 heteroatoms. The average molecular weight is 355 g/mol. The van der Waals surface area contributed by atoms with Crippen LogP contribution in [0.15, 0.2) is 48.9 Å².